The summed E-state index contributed by atoms with van der Waals surface area (Å²) in [6.07, 6.45) is 2.12. The van der Waals surface area contributed by atoms with Gasteiger partial charge in [0.05, 0.1) is 11.9 Å². The minimum Gasteiger partial charge on any atom is -0.327 e. The van der Waals surface area contributed by atoms with Crippen LogP contribution in [-0.2, 0) is 13.5 Å². The second kappa shape index (κ2) is 3.02. The van der Waals surface area contributed by atoms with Gasteiger partial charge in [0.1, 0.15) is 6.17 Å². The molecule has 5 heteroatoms. The Bertz CT molecular complexity index is 337. The van der Waals surface area contributed by atoms with Gasteiger partial charge in [-0.2, -0.15) is 15.0 Å². The number of alkyl halides is 1. The van der Waals surface area contributed by atoms with E-state index in [1.807, 2.05) is 6.92 Å². The number of rotatable bonds is 3. The van der Waals surface area contributed by atoms with Crippen molar-refractivity contribution < 1.29 is 4.39 Å². The molecule has 0 saturated heterocycles. The average Bonchev–Trinajstić information content (AvgIpc) is 2.56. The van der Waals surface area contributed by atoms with Crippen LogP contribution in [0, 0.1) is 5.41 Å². The SMILES string of the molecule is Cn1ncc(CC(N)C2(C)CC2F)n1. The Morgan fingerprint density at radius 2 is 2.50 bits per heavy atom. The number of nitrogens with zero attached hydrogens (tertiary/aromatic N) is 3. The molecule has 1 fully saturated rings. The van der Waals surface area contributed by atoms with E-state index >= 15 is 0 Å². The second-order valence-corrected chi connectivity index (χ2v) is 4.31. The Balaban J connectivity index is 1.98. The van der Waals surface area contributed by atoms with E-state index in [9.17, 15) is 4.39 Å². The lowest BCUT2D eigenvalue weighted by molar-refractivity contribution is 0.325. The van der Waals surface area contributed by atoms with Crippen LogP contribution in [0.5, 0.6) is 0 Å². The maximum Gasteiger partial charge on any atom is 0.108 e. The molecule has 1 saturated carbocycles. The van der Waals surface area contributed by atoms with Crippen LogP contribution >= 0.6 is 0 Å². The molecule has 3 unspecified atom stereocenters. The molecule has 1 aliphatic rings. The highest BCUT2D eigenvalue weighted by Crippen LogP contribution is 2.50. The van der Waals surface area contributed by atoms with Gasteiger partial charge in [-0.3, -0.25) is 0 Å². The average molecular weight is 198 g/mol. The maximum absolute atomic E-state index is 13.0. The highest BCUT2D eigenvalue weighted by molar-refractivity contribution is 5.10. The normalized spacial score (nSPS) is 33.0. The molecule has 4 nitrogen and oxygen atoms in total. The van der Waals surface area contributed by atoms with Crippen molar-refractivity contribution in [3.05, 3.63) is 11.9 Å². The van der Waals surface area contributed by atoms with E-state index in [1.54, 1.807) is 13.2 Å². The highest BCUT2D eigenvalue weighted by atomic mass is 19.1. The first kappa shape index (κ1) is 9.58. The fourth-order valence-corrected chi connectivity index (χ4v) is 1.65. The quantitative estimate of drug-likeness (QED) is 0.766. The number of aromatic nitrogens is 3. The molecule has 14 heavy (non-hydrogen) atoms. The summed E-state index contributed by atoms with van der Waals surface area (Å²) in [5.74, 6) is 0. The molecule has 0 spiro atoms. The summed E-state index contributed by atoms with van der Waals surface area (Å²) in [5.41, 5.74) is 6.43. The van der Waals surface area contributed by atoms with Crippen LogP contribution in [0.3, 0.4) is 0 Å². The first-order valence-corrected chi connectivity index (χ1v) is 4.77. The van der Waals surface area contributed by atoms with Crippen molar-refractivity contribution in [2.75, 3.05) is 0 Å². The number of hydrogen-bond acceptors (Lipinski definition) is 3. The molecule has 1 heterocycles. The van der Waals surface area contributed by atoms with Crippen LogP contribution in [0.1, 0.15) is 19.0 Å². The lowest BCUT2D eigenvalue weighted by atomic mass is 9.95. The molecule has 0 aromatic carbocycles. The minimum absolute atomic E-state index is 0.158. The molecular formula is C9H15FN4. The van der Waals surface area contributed by atoms with Crippen LogP contribution < -0.4 is 5.73 Å². The molecule has 1 aromatic rings. The van der Waals surface area contributed by atoms with Crippen molar-refractivity contribution in [3.8, 4) is 0 Å². The van der Waals surface area contributed by atoms with E-state index in [4.69, 9.17) is 5.73 Å². The fraction of sp³-hybridized carbons (Fsp3) is 0.778. The van der Waals surface area contributed by atoms with Crippen molar-refractivity contribution >= 4 is 0 Å². The second-order valence-electron chi connectivity index (χ2n) is 4.31. The molecule has 0 bridgehead atoms. The maximum atomic E-state index is 13.0. The van der Waals surface area contributed by atoms with Crippen LogP contribution in [0.25, 0.3) is 0 Å². The molecular weight excluding hydrogens is 183 g/mol. The summed E-state index contributed by atoms with van der Waals surface area (Å²) in [6.45, 7) is 1.89. The number of hydrogen-bond donors (Lipinski definition) is 1. The molecule has 3 atom stereocenters. The van der Waals surface area contributed by atoms with Crippen molar-refractivity contribution in [2.24, 2.45) is 18.2 Å². The summed E-state index contributed by atoms with van der Waals surface area (Å²) < 4.78 is 13.0. The fourth-order valence-electron chi connectivity index (χ4n) is 1.65. The molecule has 0 aliphatic heterocycles. The molecule has 2 N–H and O–H groups in total. The van der Waals surface area contributed by atoms with Crippen molar-refractivity contribution in [1.82, 2.24) is 15.0 Å². The Kier molecular flexibility index (Phi) is 2.06. The lowest BCUT2D eigenvalue weighted by Crippen LogP contribution is -2.33. The smallest absolute Gasteiger partial charge is 0.108 e. The standard InChI is InChI=1S/C9H15FN4/c1-9(4-7(9)10)8(11)3-6-5-12-14(2)13-6/h5,7-8H,3-4,11H2,1-2H3. The lowest BCUT2D eigenvalue weighted by Gasteiger charge is -2.16. The zero-order chi connectivity index (χ0) is 10.3. The molecule has 1 aliphatic carbocycles. The third-order valence-electron chi connectivity index (χ3n) is 3.10. The third kappa shape index (κ3) is 1.52. The zero-order valence-corrected chi connectivity index (χ0v) is 8.44. The van der Waals surface area contributed by atoms with Crippen molar-refractivity contribution in [2.45, 2.75) is 32.0 Å². The molecule has 0 radical (unpaired) electrons. The van der Waals surface area contributed by atoms with Gasteiger partial charge in [-0.1, -0.05) is 6.92 Å². The van der Waals surface area contributed by atoms with E-state index in [2.05, 4.69) is 10.2 Å². The van der Waals surface area contributed by atoms with E-state index in [0.717, 1.165) is 5.69 Å². The summed E-state index contributed by atoms with van der Waals surface area (Å²) in [5, 5.41) is 8.07. The monoisotopic (exact) mass is 198 g/mol. The van der Waals surface area contributed by atoms with Gasteiger partial charge in [-0.15, -0.1) is 0 Å². The van der Waals surface area contributed by atoms with E-state index in [1.165, 1.54) is 4.80 Å². The molecule has 78 valence electrons. The van der Waals surface area contributed by atoms with Gasteiger partial charge >= 0.3 is 0 Å². The minimum atomic E-state index is -0.742. The first-order chi connectivity index (χ1) is 6.52. The van der Waals surface area contributed by atoms with Gasteiger partial charge in [-0.05, 0) is 6.42 Å². The Hall–Kier alpha value is -0.970. The van der Waals surface area contributed by atoms with E-state index < -0.39 is 6.17 Å². The molecule has 2 rings (SSSR count). The van der Waals surface area contributed by atoms with Gasteiger partial charge in [0.15, 0.2) is 0 Å². The predicted octanol–water partition coefficient (Wildman–Crippen LogP) is 0.433. The summed E-state index contributed by atoms with van der Waals surface area (Å²) in [7, 11) is 1.76. The summed E-state index contributed by atoms with van der Waals surface area (Å²) in [6, 6.07) is -0.158. The highest BCUT2D eigenvalue weighted by Gasteiger charge is 2.55. The van der Waals surface area contributed by atoms with Gasteiger partial charge in [0.25, 0.3) is 0 Å². The largest absolute Gasteiger partial charge is 0.327 e. The van der Waals surface area contributed by atoms with Gasteiger partial charge in [-0.25, -0.2) is 4.39 Å². The van der Waals surface area contributed by atoms with Crippen molar-refractivity contribution in [3.63, 3.8) is 0 Å². The summed E-state index contributed by atoms with van der Waals surface area (Å²) >= 11 is 0. The third-order valence-corrected chi connectivity index (χ3v) is 3.10. The molecule has 0 amide bonds. The Morgan fingerprint density at radius 3 is 2.93 bits per heavy atom. The van der Waals surface area contributed by atoms with Gasteiger partial charge < -0.3 is 5.73 Å². The van der Waals surface area contributed by atoms with Gasteiger partial charge in [0.2, 0.25) is 0 Å². The van der Waals surface area contributed by atoms with Crippen molar-refractivity contribution in [1.29, 1.82) is 0 Å². The summed E-state index contributed by atoms with van der Waals surface area (Å²) in [4.78, 5) is 1.49. The number of nitrogens with two attached hydrogens (primary N) is 1. The topological polar surface area (TPSA) is 56.7 Å². The van der Waals surface area contributed by atoms with E-state index in [0.29, 0.717) is 12.8 Å². The van der Waals surface area contributed by atoms with E-state index in [-0.39, 0.29) is 11.5 Å². The van der Waals surface area contributed by atoms with Crippen LogP contribution in [-0.4, -0.2) is 27.2 Å². The predicted molar refractivity (Wildman–Crippen MR) is 50.3 cm³/mol. The van der Waals surface area contributed by atoms with Crippen LogP contribution in [0.4, 0.5) is 4.39 Å². The zero-order valence-electron chi connectivity index (χ0n) is 8.44. The van der Waals surface area contributed by atoms with Crippen LogP contribution in [0.2, 0.25) is 0 Å². The Labute approximate surface area is 82.3 Å². The number of aryl methyl sites for hydroxylation is 1. The molecule has 1 aromatic heterocycles. The number of halogens is 1. The first-order valence-electron chi connectivity index (χ1n) is 4.77. The van der Waals surface area contributed by atoms with Gasteiger partial charge in [0, 0.05) is 24.9 Å². The van der Waals surface area contributed by atoms with Crippen LogP contribution in [0.15, 0.2) is 6.20 Å². The Morgan fingerprint density at radius 1 is 1.86 bits per heavy atom.